The van der Waals surface area contributed by atoms with Crippen molar-refractivity contribution in [1.29, 1.82) is 0 Å². The number of hydrogen-bond acceptors (Lipinski definition) is 3. The predicted octanol–water partition coefficient (Wildman–Crippen LogP) is 2.50. The standard InChI is InChI=1S/C20H30ClN5O2.HI/c1-3-23-20(26-12-8-15(9-13-26)14-18(27)22-2)25-11-10-24-19(28)16-6-4-5-7-17(16)21;/h4-7,15H,3,8-14H2,1-2H3,(H,22,27)(H,23,25)(H,24,28);1H. The van der Waals surface area contributed by atoms with Gasteiger partial charge in [-0.2, -0.15) is 0 Å². The number of likely N-dealkylation sites (tertiary alicyclic amines) is 1. The summed E-state index contributed by atoms with van der Waals surface area (Å²) in [4.78, 5) is 30.6. The summed E-state index contributed by atoms with van der Waals surface area (Å²) in [5, 5.41) is 9.30. The molecule has 3 N–H and O–H groups in total. The van der Waals surface area contributed by atoms with Crippen LogP contribution in [0.3, 0.4) is 0 Å². The Morgan fingerprint density at radius 3 is 2.52 bits per heavy atom. The molecule has 1 heterocycles. The maximum Gasteiger partial charge on any atom is 0.252 e. The van der Waals surface area contributed by atoms with Crippen LogP contribution in [0.25, 0.3) is 0 Å². The molecule has 0 radical (unpaired) electrons. The van der Waals surface area contributed by atoms with Crippen molar-refractivity contribution in [3.63, 3.8) is 0 Å². The maximum atomic E-state index is 12.2. The van der Waals surface area contributed by atoms with Crippen LogP contribution in [0.1, 0.15) is 36.5 Å². The Bertz CT molecular complexity index is 693. The minimum absolute atomic E-state index is 0. The molecule has 9 heteroatoms. The lowest BCUT2D eigenvalue weighted by atomic mass is 9.93. The van der Waals surface area contributed by atoms with E-state index in [1.54, 1.807) is 31.3 Å². The van der Waals surface area contributed by atoms with Crippen LogP contribution in [-0.4, -0.2) is 62.4 Å². The molecule has 1 saturated heterocycles. The highest BCUT2D eigenvalue weighted by molar-refractivity contribution is 14.0. The van der Waals surface area contributed by atoms with Crippen LogP contribution >= 0.6 is 35.6 Å². The first-order valence-electron chi connectivity index (χ1n) is 9.81. The number of piperidine rings is 1. The number of rotatable bonds is 7. The first-order valence-corrected chi connectivity index (χ1v) is 10.2. The molecule has 0 atom stereocenters. The lowest BCUT2D eigenvalue weighted by molar-refractivity contribution is -0.121. The Labute approximate surface area is 195 Å². The lowest BCUT2D eigenvalue weighted by Gasteiger charge is -2.34. The Balaban J connectivity index is 0.00000420. The van der Waals surface area contributed by atoms with Gasteiger partial charge in [0, 0.05) is 39.6 Å². The Morgan fingerprint density at radius 1 is 1.21 bits per heavy atom. The number of carbonyl (C=O) groups is 2. The van der Waals surface area contributed by atoms with Crippen molar-refractivity contribution < 1.29 is 9.59 Å². The minimum Gasteiger partial charge on any atom is -0.359 e. The topological polar surface area (TPSA) is 85.8 Å². The monoisotopic (exact) mass is 535 g/mol. The van der Waals surface area contributed by atoms with E-state index in [0.717, 1.165) is 38.4 Å². The summed E-state index contributed by atoms with van der Waals surface area (Å²) in [6.45, 7) is 5.48. The molecule has 7 nitrogen and oxygen atoms in total. The van der Waals surface area contributed by atoms with Crippen LogP contribution in [0.15, 0.2) is 29.3 Å². The quantitative estimate of drug-likeness (QED) is 0.217. The summed E-state index contributed by atoms with van der Waals surface area (Å²) in [5.74, 6) is 1.19. The number of carbonyl (C=O) groups excluding carboxylic acids is 2. The summed E-state index contributed by atoms with van der Waals surface area (Å²) >= 11 is 6.05. The van der Waals surface area contributed by atoms with Gasteiger partial charge in [-0.15, -0.1) is 24.0 Å². The zero-order valence-corrected chi connectivity index (χ0v) is 20.1. The van der Waals surface area contributed by atoms with Gasteiger partial charge < -0.3 is 20.9 Å². The molecule has 0 saturated carbocycles. The van der Waals surface area contributed by atoms with Gasteiger partial charge in [0.25, 0.3) is 5.91 Å². The molecule has 0 bridgehead atoms. The lowest BCUT2D eigenvalue weighted by Crippen LogP contribution is -2.46. The third-order valence-electron chi connectivity index (χ3n) is 4.78. The van der Waals surface area contributed by atoms with E-state index in [1.807, 2.05) is 6.92 Å². The van der Waals surface area contributed by atoms with Crippen molar-refractivity contribution in [2.75, 3.05) is 39.8 Å². The van der Waals surface area contributed by atoms with Gasteiger partial charge in [-0.05, 0) is 37.8 Å². The second kappa shape index (κ2) is 13.6. The second-order valence-electron chi connectivity index (χ2n) is 6.78. The average molecular weight is 536 g/mol. The molecule has 162 valence electrons. The van der Waals surface area contributed by atoms with E-state index in [1.165, 1.54) is 0 Å². The van der Waals surface area contributed by atoms with Crippen LogP contribution in [0.2, 0.25) is 5.02 Å². The van der Waals surface area contributed by atoms with E-state index in [0.29, 0.717) is 36.0 Å². The zero-order chi connectivity index (χ0) is 20.4. The van der Waals surface area contributed by atoms with E-state index in [2.05, 4.69) is 25.8 Å². The molecule has 1 aromatic carbocycles. The molecule has 0 unspecified atom stereocenters. The molecule has 1 aromatic rings. The molecule has 29 heavy (non-hydrogen) atoms. The fourth-order valence-electron chi connectivity index (χ4n) is 3.21. The predicted molar refractivity (Wildman–Crippen MR) is 128 cm³/mol. The number of benzene rings is 1. The van der Waals surface area contributed by atoms with Crippen LogP contribution in [0.5, 0.6) is 0 Å². The molecule has 0 aromatic heterocycles. The van der Waals surface area contributed by atoms with Gasteiger partial charge in [0.15, 0.2) is 5.96 Å². The summed E-state index contributed by atoms with van der Waals surface area (Å²) in [6.07, 6.45) is 2.54. The maximum absolute atomic E-state index is 12.2. The molecule has 1 aliphatic rings. The Morgan fingerprint density at radius 2 is 1.90 bits per heavy atom. The molecule has 0 aliphatic carbocycles. The molecule has 1 aliphatic heterocycles. The van der Waals surface area contributed by atoms with Crippen LogP contribution in [0, 0.1) is 5.92 Å². The molecule has 2 amide bonds. The smallest absolute Gasteiger partial charge is 0.252 e. The van der Waals surface area contributed by atoms with Gasteiger partial charge in [-0.25, -0.2) is 0 Å². The molecular weight excluding hydrogens is 505 g/mol. The second-order valence-corrected chi connectivity index (χ2v) is 7.19. The first-order chi connectivity index (χ1) is 13.5. The van der Waals surface area contributed by atoms with Crippen LogP contribution in [-0.2, 0) is 4.79 Å². The number of halogens is 2. The number of guanidine groups is 1. The third kappa shape index (κ3) is 8.38. The molecule has 2 rings (SSSR count). The summed E-state index contributed by atoms with van der Waals surface area (Å²) in [5.41, 5.74) is 0.471. The van der Waals surface area contributed by atoms with E-state index >= 15 is 0 Å². The number of nitrogens with one attached hydrogen (secondary N) is 3. The van der Waals surface area contributed by atoms with Crippen molar-refractivity contribution in [2.45, 2.75) is 26.2 Å². The van der Waals surface area contributed by atoms with Crippen LogP contribution in [0.4, 0.5) is 0 Å². The highest BCUT2D eigenvalue weighted by Gasteiger charge is 2.23. The van der Waals surface area contributed by atoms with Gasteiger partial charge in [0.2, 0.25) is 5.91 Å². The minimum atomic E-state index is -0.194. The highest BCUT2D eigenvalue weighted by atomic mass is 127. The number of aliphatic imine (C=N–C) groups is 1. The third-order valence-corrected chi connectivity index (χ3v) is 5.11. The van der Waals surface area contributed by atoms with E-state index in [4.69, 9.17) is 11.6 Å². The van der Waals surface area contributed by atoms with E-state index in [-0.39, 0.29) is 35.8 Å². The normalized spacial score (nSPS) is 14.7. The van der Waals surface area contributed by atoms with Crippen LogP contribution < -0.4 is 16.0 Å². The Hall–Kier alpha value is -1.55. The van der Waals surface area contributed by atoms with Gasteiger partial charge in [0.1, 0.15) is 0 Å². The SMILES string of the molecule is CCNC(=NCCNC(=O)c1ccccc1Cl)N1CCC(CC(=O)NC)CC1.I. The van der Waals surface area contributed by atoms with E-state index in [9.17, 15) is 9.59 Å². The highest BCUT2D eigenvalue weighted by Crippen LogP contribution is 2.20. The van der Waals surface area contributed by atoms with Gasteiger partial charge >= 0.3 is 0 Å². The van der Waals surface area contributed by atoms with E-state index < -0.39 is 0 Å². The molecule has 0 spiro atoms. The largest absolute Gasteiger partial charge is 0.359 e. The van der Waals surface area contributed by atoms with Crippen molar-refractivity contribution >= 4 is 53.4 Å². The van der Waals surface area contributed by atoms with Crippen molar-refractivity contribution in [2.24, 2.45) is 10.9 Å². The van der Waals surface area contributed by atoms with Crippen molar-refractivity contribution in [1.82, 2.24) is 20.9 Å². The fraction of sp³-hybridized carbons (Fsp3) is 0.550. The molecular formula is C20H31ClIN5O2. The van der Waals surface area contributed by atoms with Crippen molar-refractivity contribution in [3.8, 4) is 0 Å². The number of nitrogens with zero attached hydrogens (tertiary/aromatic N) is 2. The summed E-state index contributed by atoms with van der Waals surface area (Å²) in [7, 11) is 1.68. The van der Waals surface area contributed by atoms with Gasteiger partial charge in [0.05, 0.1) is 17.1 Å². The average Bonchev–Trinajstić information content (AvgIpc) is 2.71. The zero-order valence-electron chi connectivity index (χ0n) is 17.0. The number of hydrogen-bond donors (Lipinski definition) is 3. The van der Waals surface area contributed by atoms with Gasteiger partial charge in [-0.3, -0.25) is 14.6 Å². The van der Waals surface area contributed by atoms with Gasteiger partial charge in [-0.1, -0.05) is 23.7 Å². The summed E-state index contributed by atoms with van der Waals surface area (Å²) < 4.78 is 0. The summed E-state index contributed by atoms with van der Waals surface area (Å²) in [6, 6.07) is 6.99. The Kier molecular flexibility index (Phi) is 12.0. The first kappa shape index (κ1) is 25.5. The molecule has 1 fully saturated rings. The van der Waals surface area contributed by atoms with Crippen molar-refractivity contribution in [3.05, 3.63) is 34.9 Å². The fourth-order valence-corrected chi connectivity index (χ4v) is 3.43. The number of amides is 2.